The number of hydrogen-bond acceptors (Lipinski definition) is 6. The van der Waals surface area contributed by atoms with Gasteiger partial charge in [-0.1, -0.05) is 24.3 Å². The number of hydrogen-bond donors (Lipinski definition) is 2. The number of carbonyl (C=O) groups is 1. The smallest absolute Gasteiger partial charge is 0.244 e. The van der Waals surface area contributed by atoms with Crippen LogP contribution in [-0.4, -0.2) is 69.4 Å². The van der Waals surface area contributed by atoms with E-state index in [1.54, 1.807) is 30.4 Å². The van der Waals surface area contributed by atoms with Crippen LogP contribution in [0.3, 0.4) is 0 Å². The van der Waals surface area contributed by atoms with Gasteiger partial charge in [0.2, 0.25) is 15.9 Å². The minimum Gasteiger partial charge on any atom is -0.495 e. The molecule has 0 aromatic heterocycles. The monoisotopic (exact) mass is 424 g/mol. The summed E-state index contributed by atoms with van der Waals surface area (Å²) in [6.45, 7) is 1.15. The molecule has 1 saturated heterocycles. The van der Waals surface area contributed by atoms with Crippen molar-refractivity contribution in [3.63, 3.8) is 0 Å². The van der Waals surface area contributed by atoms with Gasteiger partial charge >= 0.3 is 0 Å². The molecule has 2 heterocycles. The lowest BCUT2D eigenvalue weighted by molar-refractivity contribution is -0.136. The Morgan fingerprint density at radius 2 is 1.97 bits per heavy atom. The maximum Gasteiger partial charge on any atom is 0.244 e. The first-order chi connectivity index (χ1) is 13.9. The molecular weight excluding hydrogens is 396 g/mol. The molecule has 0 aliphatic carbocycles. The second-order valence-electron chi connectivity index (χ2n) is 7.22. The number of piperidine rings is 1. The molecule has 1 amide bonds. The van der Waals surface area contributed by atoms with Crippen LogP contribution < -0.4 is 9.46 Å². The molecule has 29 heavy (non-hydrogen) atoms. The zero-order valence-corrected chi connectivity index (χ0v) is 17.3. The molecule has 160 valence electrons. The number of sulfonamides is 1. The van der Waals surface area contributed by atoms with Crippen molar-refractivity contribution < 1.29 is 27.8 Å². The summed E-state index contributed by atoms with van der Waals surface area (Å²) in [5.74, 6) is 0.246. The average molecular weight is 425 g/mol. The zero-order valence-electron chi connectivity index (χ0n) is 16.5. The van der Waals surface area contributed by atoms with E-state index < -0.39 is 28.3 Å². The molecule has 0 unspecified atom stereocenters. The van der Waals surface area contributed by atoms with E-state index in [1.165, 1.54) is 13.2 Å². The molecule has 1 fully saturated rings. The maximum atomic E-state index is 12.8. The van der Waals surface area contributed by atoms with E-state index in [0.29, 0.717) is 0 Å². The number of methoxy groups -OCH3 is 1. The van der Waals surface area contributed by atoms with Crippen molar-refractivity contribution in [1.82, 2.24) is 9.62 Å². The number of benzene rings is 1. The molecule has 0 radical (unpaired) electrons. The summed E-state index contributed by atoms with van der Waals surface area (Å²) >= 11 is 0. The molecule has 9 heteroatoms. The summed E-state index contributed by atoms with van der Waals surface area (Å²) in [5.41, 5.74) is 0. The second kappa shape index (κ2) is 9.71. The lowest BCUT2D eigenvalue weighted by Crippen LogP contribution is -2.49. The number of carbonyl (C=O) groups excluding carboxylic acids is 1. The highest BCUT2D eigenvalue weighted by atomic mass is 32.2. The standard InChI is InChI=1S/C20H28N2O6S/c1-27-17-7-3-4-8-19(17)29(25,26)21-16-10-9-15(28-18(16)14-23)13-20(24)22-11-5-2-6-12-22/h3-4,7-10,15-16,18,21,23H,2,5-6,11-14H2,1H3/t15-,16-,18-/m1/s1. The number of aliphatic hydroxyl groups excluding tert-OH is 1. The Balaban J connectivity index is 1.67. The topological polar surface area (TPSA) is 105 Å². The van der Waals surface area contributed by atoms with E-state index in [-0.39, 0.29) is 29.6 Å². The van der Waals surface area contributed by atoms with Crippen molar-refractivity contribution in [3.8, 4) is 5.75 Å². The number of nitrogens with zero attached hydrogens (tertiary/aromatic N) is 1. The van der Waals surface area contributed by atoms with Crippen LogP contribution >= 0.6 is 0 Å². The molecule has 0 bridgehead atoms. The van der Waals surface area contributed by atoms with Crippen molar-refractivity contribution >= 4 is 15.9 Å². The third-order valence-corrected chi connectivity index (χ3v) is 6.70. The normalized spacial score (nSPS) is 25.0. The number of aliphatic hydroxyl groups is 1. The van der Waals surface area contributed by atoms with Gasteiger partial charge in [0, 0.05) is 13.1 Å². The highest BCUT2D eigenvalue weighted by Gasteiger charge is 2.33. The maximum absolute atomic E-state index is 12.8. The van der Waals surface area contributed by atoms with Crippen LogP contribution in [0.5, 0.6) is 5.75 Å². The van der Waals surface area contributed by atoms with Gasteiger partial charge in [0.25, 0.3) is 0 Å². The van der Waals surface area contributed by atoms with E-state index in [0.717, 1.165) is 32.4 Å². The molecule has 2 aliphatic rings. The van der Waals surface area contributed by atoms with E-state index >= 15 is 0 Å². The summed E-state index contributed by atoms with van der Waals surface area (Å²) in [7, 11) is -2.49. The van der Waals surface area contributed by atoms with Gasteiger partial charge in [0.15, 0.2) is 0 Å². The van der Waals surface area contributed by atoms with Gasteiger partial charge in [-0.05, 0) is 31.4 Å². The predicted molar refractivity (Wildman–Crippen MR) is 107 cm³/mol. The van der Waals surface area contributed by atoms with Crippen molar-refractivity contribution in [2.24, 2.45) is 0 Å². The second-order valence-corrected chi connectivity index (χ2v) is 8.91. The Bertz CT molecular complexity index is 835. The number of ether oxygens (including phenoxy) is 2. The quantitative estimate of drug-likeness (QED) is 0.634. The minimum absolute atomic E-state index is 0.00925. The van der Waals surface area contributed by atoms with Gasteiger partial charge in [-0.3, -0.25) is 4.79 Å². The van der Waals surface area contributed by atoms with Crippen LogP contribution in [0.1, 0.15) is 25.7 Å². The highest BCUT2D eigenvalue weighted by Crippen LogP contribution is 2.25. The van der Waals surface area contributed by atoms with Crippen LogP contribution in [0.4, 0.5) is 0 Å². The molecule has 2 N–H and O–H groups in total. The number of likely N-dealkylation sites (tertiary alicyclic amines) is 1. The van der Waals surface area contributed by atoms with E-state index in [2.05, 4.69) is 4.72 Å². The molecule has 2 aliphatic heterocycles. The number of amides is 1. The third-order valence-electron chi connectivity index (χ3n) is 5.20. The van der Waals surface area contributed by atoms with Crippen LogP contribution in [-0.2, 0) is 19.6 Å². The van der Waals surface area contributed by atoms with Crippen LogP contribution in [0.25, 0.3) is 0 Å². The molecule has 1 aromatic carbocycles. The average Bonchev–Trinajstić information content (AvgIpc) is 2.75. The molecule has 0 saturated carbocycles. The third kappa shape index (κ3) is 5.36. The molecule has 8 nitrogen and oxygen atoms in total. The SMILES string of the molecule is COc1ccccc1S(=O)(=O)N[C@@H]1C=C[C@H](CC(=O)N2CCCCC2)O[C@@H]1CO. The van der Waals surface area contributed by atoms with Crippen LogP contribution in [0, 0.1) is 0 Å². The number of para-hydroxylation sites is 1. The Kier molecular flexibility index (Phi) is 7.28. The Labute approximate surface area is 171 Å². The predicted octanol–water partition coefficient (Wildman–Crippen LogP) is 1.06. The van der Waals surface area contributed by atoms with Crippen molar-refractivity contribution in [2.45, 2.75) is 48.8 Å². The Hall–Kier alpha value is -1.94. The van der Waals surface area contributed by atoms with Gasteiger partial charge in [0.05, 0.1) is 32.3 Å². The van der Waals surface area contributed by atoms with E-state index in [1.807, 2.05) is 4.90 Å². The molecule has 1 aromatic rings. The molecule has 3 rings (SSSR count). The summed E-state index contributed by atoms with van der Waals surface area (Å²) in [5, 5.41) is 9.72. The largest absolute Gasteiger partial charge is 0.495 e. The number of rotatable bonds is 7. The summed E-state index contributed by atoms with van der Waals surface area (Å²) < 4.78 is 39.1. The molecule has 0 spiro atoms. The first-order valence-electron chi connectivity index (χ1n) is 9.82. The first kappa shape index (κ1) is 21.8. The van der Waals surface area contributed by atoms with E-state index in [9.17, 15) is 18.3 Å². The first-order valence-corrected chi connectivity index (χ1v) is 11.3. The van der Waals surface area contributed by atoms with Crippen LogP contribution in [0.15, 0.2) is 41.3 Å². The fourth-order valence-electron chi connectivity index (χ4n) is 3.64. The van der Waals surface area contributed by atoms with Gasteiger partial charge in [-0.25, -0.2) is 13.1 Å². The lowest BCUT2D eigenvalue weighted by atomic mass is 10.0. The van der Waals surface area contributed by atoms with Gasteiger partial charge in [0.1, 0.15) is 16.7 Å². The number of nitrogens with one attached hydrogen (secondary N) is 1. The fraction of sp³-hybridized carbons (Fsp3) is 0.550. The summed E-state index contributed by atoms with van der Waals surface area (Å²) in [4.78, 5) is 14.3. The Morgan fingerprint density at radius 3 is 2.66 bits per heavy atom. The van der Waals surface area contributed by atoms with Crippen molar-refractivity contribution in [1.29, 1.82) is 0 Å². The van der Waals surface area contributed by atoms with Crippen molar-refractivity contribution in [2.75, 3.05) is 26.8 Å². The van der Waals surface area contributed by atoms with Crippen molar-refractivity contribution in [3.05, 3.63) is 36.4 Å². The highest BCUT2D eigenvalue weighted by molar-refractivity contribution is 7.89. The molecular formula is C20H28N2O6S. The van der Waals surface area contributed by atoms with Gasteiger partial charge in [-0.2, -0.15) is 0 Å². The molecule has 3 atom stereocenters. The lowest BCUT2D eigenvalue weighted by Gasteiger charge is -2.33. The van der Waals surface area contributed by atoms with Gasteiger partial charge < -0.3 is 19.5 Å². The van der Waals surface area contributed by atoms with Crippen LogP contribution in [0.2, 0.25) is 0 Å². The fourth-order valence-corrected chi connectivity index (χ4v) is 5.03. The summed E-state index contributed by atoms with van der Waals surface area (Å²) in [6.07, 6.45) is 5.40. The summed E-state index contributed by atoms with van der Waals surface area (Å²) in [6, 6.07) is 5.55. The minimum atomic E-state index is -3.90. The van der Waals surface area contributed by atoms with Gasteiger partial charge in [-0.15, -0.1) is 0 Å². The van der Waals surface area contributed by atoms with E-state index in [4.69, 9.17) is 9.47 Å². The zero-order chi connectivity index (χ0) is 20.9. The Morgan fingerprint density at radius 1 is 1.24 bits per heavy atom.